The van der Waals surface area contributed by atoms with Gasteiger partial charge in [-0.3, -0.25) is 0 Å². The van der Waals surface area contributed by atoms with Gasteiger partial charge in [-0.15, -0.1) is 0 Å². The Hall–Kier alpha value is 0.390. The topological polar surface area (TPSA) is 40.5 Å². The van der Waals surface area contributed by atoms with Crippen LogP contribution in [-0.2, 0) is 0 Å². The molecule has 0 saturated heterocycles. The van der Waals surface area contributed by atoms with Crippen molar-refractivity contribution in [2.75, 3.05) is 6.16 Å². The fourth-order valence-corrected chi connectivity index (χ4v) is 7.38. The lowest BCUT2D eigenvalue weighted by atomic mass is 10.3. The molecule has 21 heavy (non-hydrogen) atoms. The molecule has 0 aromatic heterocycles. The summed E-state index contributed by atoms with van der Waals surface area (Å²) in [5.41, 5.74) is 0. The third-order valence-corrected chi connectivity index (χ3v) is 7.52. The molecule has 2 nitrogen and oxygen atoms in total. The molecular weight excluding hydrogens is 551 g/mol. The van der Waals surface area contributed by atoms with Crippen LogP contribution in [0.2, 0.25) is 0 Å². The van der Waals surface area contributed by atoms with Crippen LogP contribution in [0.5, 0.6) is 11.5 Å². The average Bonchev–Trinajstić information content (AvgIpc) is 2.41. The number of phenolic OH excluding ortho intramolecular Hbond substituents is 2. The van der Waals surface area contributed by atoms with Gasteiger partial charge in [-0.2, -0.15) is 0 Å². The second-order valence-corrected chi connectivity index (χ2v) is 10.2. The summed E-state index contributed by atoms with van der Waals surface area (Å²) in [5.74, 6) is 0.448. The number of halogens is 4. The van der Waals surface area contributed by atoms with E-state index in [1.807, 2.05) is 19.1 Å². The predicted molar refractivity (Wildman–Crippen MR) is 104 cm³/mol. The Balaban J connectivity index is 2.66. The molecule has 2 aromatic rings. The SMILES string of the molecule is CCP(c1cc(Br)cc(Br)c1O)c1cc(Br)cc(Br)c1O. The van der Waals surface area contributed by atoms with E-state index in [1.165, 1.54) is 0 Å². The average molecular weight is 562 g/mol. The molecule has 112 valence electrons. The molecule has 7 heteroatoms. The van der Waals surface area contributed by atoms with Gasteiger partial charge in [0.1, 0.15) is 11.5 Å². The van der Waals surface area contributed by atoms with Gasteiger partial charge in [0.2, 0.25) is 0 Å². The van der Waals surface area contributed by atoms with Crippen LogP contribution < -0.4 is 10.6 Å². The number of phenols is 2. The van der Waals surface area contributed by atoms with Gasteiger partial charge in [-0.05, 0) is 70.2 Å². The summed E-state index contributed by atoms with van der Waals surface area (Å²) >= 11 is 13.6. The summed E-state index contributed by atoms with van der Waals surface area (Å²) in [4.78, 5) is 0. The smallest absolute Gasteiger partial charge is 0.137 e. The van der Waals surface area contributed by atoms with Gasteiger partial charge < -0.3 is 10.2 Å². The lowest BCUT2D eigenvalue weighted by Crippen LogP contribution is -2.15. The van der Waals surface area contributed by atoms with Crippen molar-refractivity contribution in [2.24, 2.45) is 0 Å². The molecule has 0 atom stereocenters. The molecule has 0 fully saturated rings. The van der Waals surface area contributed by atoms with Crippen molar-refractivity contribution < 1.29 is 10.2 Å². The Morgan fingerprint density at radius 2 is 1.19 bits per heavy atom. The summed E-state index contributed by atoms with van der Waals surface area (Å²) in [6.07, 6.45) is 0.808. The second kappa shape index (κ2) is 7.31. The van der Waals surface area contributed by atoms with Crippen LogP contribution in [0.3, 0.4) is 0 Å². The first-order valence-electron chi connectivity index (χ1n) is 5.98. The number of hydrogen-bond donors (Lipinski definition) is 2. The van der Waals surface area contributed by atoms with Crippen molar-refractivity contribution in [1.82, 2.24) is 0 Å². The molecule has 0 spiro atoms. The van der Waals surface area contributed by atoms with Gasteiger partial charge in [0, 0.05) is 19.6 Å². The van der Waals surface area contributed by atoms with Gasteiger partial charge in [-0.25, -0.2) is 0 Å². The summed E-state index contributed by atoms with van der Waals surface area (Å²) < 4.78 is 3.05. The highest BCUT2D eigenvalue weighted by atomic mass is 79.9. The third-order valence-electron chi connectivity index (χ3n) is 2.91. The molecule has 0 amide bonds. The van der Waals surface area contributed by atoms with E-state index in [4.69, 9.17) is 0 Å². The van der Waals surface area contributed by atoms with E-state index in [0.29, 0.717) is 8.95 Å². The minimum atomic E-state index is -0.875. The summed E-state index contributed by atoms with van der Waals surface area (Å²) in [5, 5.41) is 22.4. The molecule has 0 aliphatic carbocycles. The highest BCUT2D eigenvalue weighted by molar-refractivity contribution is 9.11. The summed E-state index contributed by atoms with van der Waals surface area (Å²) in [6, 6.07) is 7.42. The number of benzene rings is 2. The van der Waals surface area contributed by atoms with Gasteiger partial charge in [0.15, 0.2) is 0 Å². The molecule has 0 saturated carbocycles. The minimum absolute atomic E-state index is 0.224. The fourth-order valence-electron chi connectivity index (χ4n) is 1.99. The van der Waals surface area contributed by atoms with Crippen molar-refractivity contribution in [3.05, 3.63) is 42.2 Å². The Kier molecular flexibility index (Phi) is 6.17. The van der Waals surface area contributed by atoms with Crippen molar-refractivity contribution >= 4 is 82.3 Å². The molecule has 0 unspecified atom stereocenters. The number of aromatic hydroxyl groups is 2. The van der Waals surface area contributed by atoms with E-state index < -0.39 is 7.92 Å². The molecular formula is C14H11Br4O2P. The zero-order valence-corrected chi connectivity index (χ0v) is 18.1. The van der Waals surface area contributed by atoms with Gasteiger partial charge in [0.25, 0.3) is 0 Å². The summed E-state index contributed by atoms with van der Waals surface area (Å²) in [6.45, 7) is 2.05. The normalized spacial score (nSPS) is 11.1. The summed E-state index contributed by atoms with van der Waals surface area (Å²) in [7, 11) is -0.875. The monoisotopic (exact) mass is 558 g/mol. The molecule has 0 bridgehead atoms. The molecule has 0 aliphatic rings. The van der Waals surface area contributed by atoms with Crippen LogP contribution in [0.25, 0.3) is 0 Å². The maximum Gasteiger partial charge on any atom is 0.137 e. The van der Waals surface area contributed by atoms with Gasteiger partial charge in [0.05, 0.1) is 8.95 Å². The first-order chi connectivity index (χ1) is 9.85. The number of rotatable bonds is 3. The second-order valence-electron chi connectivity index (χ2n) is 4.25. The zero-order valence-electron chi connectivity index (χ0n) is 10.9. The zero-order chi connectivity index (χ0) is 15.7. The van der Waals surface area contributed by atoms with Crippen molar-refractivity contribution in [3.8, 4) is 11.5 Å². The first kappa shape index (κ1) is 17.7. The van der Waals surface area contributed by atoms with E-state index in [1.54, 1.807) is 12.1 Å². The Labute approximate surface area is 158 Å². The molecule has 2 N–H and O–H groups in total. The maximum atomic E-state index is 10.4. The predicted octanol–water partition coefficient (Wildman–Crippen LogP) is 5.60. The molecule has 0 aliphatic heterocycles. The molecule has 2 rings (SSSR count). The molecule has 0 radical (unpaired) electrons. The fraction of sp³-hybridized carbons (Fsp3) is 0.143. The van der Waals surface area contributed by atoms with E-state index in [0.717, 1.165) is 25.7 Å². The number of hydrogen-bond acceptors (Lipinski definition) is 2. The van der Waals surface area contributed by atoms with E-state index in [9.17, 15) is 10.2 Å². The van der Waals surface area contributed by atoms with E-state index >= 15 is 0 Å². The third kappa shape index (κ3) is 3.84. The standard InChI is InChI=1S/C14H11Br4O2P/c1-2-21(11-5-7(15)3-9(17)13(11)19)12-6-8(16)4-10(18)14(12)20/h3-6,19-20H,2H2,1H3. The Morgan fingerprint density at radius 3 is 1.52 bits per heavy atom. The van der Waals surface area contributed by atoms with Crippen LogP contribution in [0, 0.1) is 0 Å². The highest BCUT2D eigenvalue weighted by Crippen LogP contribution is 2.44. The Morgan fingerprint density at radius 1 is 0.810 bits per heavy atom. The minimum Gasteiger partial charge on any atom is -0.506 e. The van der Waals surface area contributed by atoms with Gasteiger partial charge >= 0.3 is 0 Å². The van der Waals surface area contributed by atoms with Crippen molar-refractivity contribution in [2.45, 2.75) is 6.92 Å². The Bertz CT molecular complexity index is 634. The van der Waals surface area contributed by atoms with Crippen LogP contribution in [0.4, 0.5) is 0 Å². The largest absolute Gasteiger partial charge is 0.506 e. The maximum absolute atomic E-state index is 10.4. The molecule has 2 aromatic carbocycles. The van der Waals surface area contributed by atoms with E-state index in [2.05, 4.69) is 63.7 Å². The van der Waals surface area contributed by atoms with E-state index in [-0.39, 0.29) is 11.5 Å². The lowest BCUT2D eigenvalue weighted by Gasteiger charge is -2.21. The van der Waals surface area contributed by atoms with Crippen molar-refractivity contribution in [3.63, 3.8) is 0 Å². The van der Waals surface area contributed by atoms with Crippen LogP contribution in [0.1, 0.15) is 6.92 Å². The van der Waals surface area contributed by atoms with Crippen LogP contribution in [-0.4, -0.2) is 16.4 Å². The quantitative estimate of drug-likeness (QED) is 0.479. The lowest BCUT2D eigenvalue weighted by molar-refractivity contribution is 0.475. The molecule has 0 heterocycles. The van der Waals surface area contributed by atoms with Crippen LogP contribution >= 0.6 is 71.6 Å². The first-order valence-corrected chi connectivity index (χ1v) is 10.7. The van der Waals surface area contributed by atoms with Crippen LogP contribution in [0.15, 0.2) is 42.2 Å². The highest BCUT2D eigenvalue weighted by Gasteiger charge is 2.22. The van der Waals surface area contributed by atoms with Gasteiger partial charge in [-0.1, -0.05) is 38.8 Å². The van der Waals surface area contributed by atoms with Crippen molar-refractivity contribution in [1.29, 1.82) is 0 Å².